The average Bonchev–Trinajstić information content (AvgIpc) is 3.33. The van der Waals surface area contributed by atoms with Gasteiger partial charge in [-0.2, -0.15) is 0 Å². The molecule has 0 spiro atoms. The van der Waals surface area contributed by atoms with Crippen molar-refractivity contribution < 1.29 is 13.9 Å². The number of anilines is 1. The van der Waals surface area contributed by atoms with Crippen LogP contribution in [0.25, 0.3) is 11.3 Å². The van der Waals surface area contributed by atoms with Crippen molar-refractivity contribution in [1.82, 2.24) is 4.90 Å². The summed E-state index contributed by atoms with van der Waals surface area (Å²) in [6.45, 7) is 0. The zero-order valence-corrected chi connectivity index (χ0v) is 17.1. The van der Waals surface area contributed by atoms with Crippen LogP contribution in [0.2, 0.25) is 0 Å². The highest BCUT2D eigenvalue weighted by Crippen LogP contribution is 2.36. The molecule has 0 unspecified atom stereocenters. The van der Waals surface area contributed by atoms with Gasteiger partial charge in [0.15, 0.2) is 5.76 Å². The summed E-state index contributed by atoms with van der Waals surface area (Å²) in [5, 5.41) is 2.89. The van der Waals surface area contributed by atoms with Crippen molar-refractivity contribution in [2.45, 2.75) is 43.9 Å². The monoisotopic (exact) mass is 402 g/mol. The highest BCUT2D eigenvalue weighted by atomic mass is 16.5. The van der Waals surface area contributed by atoms with Crippen LogP contribution in [0, 0.1) is 0 Å². The lowest BCUT2D eigenvalue weighted by Crippen LogP contribution is -2.43. The van der Waals surface area contributed by atoms with Crippen molar-refractivity contribution in [2.75, 3.05) is 12.4 Å². The van der Waals surface area contributed by atoms with Gasteiger partial charge in [-0.1, -0.05) is 30.3 Å². The van der Waals surface area contributed by atoms with E-state index in [0.29, 0.717) is 23.5 Å². The predicted octanol–water partition coefficient (Wildman–Crippen LogP) is 5.20. The van der Waals surface area contributed by atoms with Crippen molar-refractivity contribution in [2.24, 2.45) is 0 Å². The SMILES string of the molecule is CN1[C@@H]2CC[C@H]1C[C@@H](Oc1ccc(NC(=O)c3ccc(-c4ccccc4)o3)cc1)C2. The standard InChI is InChI=1S/C25H26N2O3/c1-27-19-9-10-20(27)16-22(15-19)29-21-11-7-18(8-12-21)26-25(28)24-14-13-23(30-24)17-5-3-2-4-6-17/h2-8,11-14,19-20,22H,9-10,15-16H2,1H3,(H,26,28)/t19-,20+,22+. The van der Waals surface area contributed by atoms with Crippen LogP contribution < -0.4 is 10.1 Å². The minimum Gasteiger partial charge on any atom is -0.490 e. The first kappa shape index (κ1) is 18.9. The Morgan fingerprint density at radius 3 is 2.37 bits per heavy atom. The third kappa shape index (κ3) is 3.85. The van der Waals surface area contributed by atoms with E-state index >= 15 is 0 Å². The summed E-state index contributed by atoms with van der Waals surface area (Å²) < 4.78 is 11.9. The Morgan fingerprint density at radius 1 is 0.967 bits per heavy atom. The molecule has 1 N–H and O–H groups in total. The molecule has 30 heavy (non-hydrogen) atoms. The van der Waals surface area contributed by atoms with Crippen molar-refractivity contribution >= 4 is 11.6 Å². The van der Waals surface area contributed by atoms with E-state index in [1.165, 1.54) is 12.8 Å². The van der Waals surface area contributed by atoms with E-state index in [9.17, 15) is 4.79 Å². The van der Waals surface area contributed by atoms with Gasteiger partial charge >= 0.3 is 0 Å². The molecule has 1 amide bonds. The van der Waals surface area contributed by atoms with Crippen molar-refractivity contribution in [3.63, 3.8) is 0 Å². The van der Waals surface area contributed by atoms with Gasteiger partial charge in [0.2, 0.25) is 0 Å². The van der Waals surface area contributed by atoms with Gasteiger partial charge in [0.25, 0.3) is 5.91 Å². The van der Waals surface area contributed by atoms with Gasteiger partial charge in [0, 0.05) is 23.3 Å². The number of nitrogens with one attached hydrogen (secondary N) is 1. The molecule has 0 aliphatic carbocycles. The Balaban J connectivity index is 1.19. The van der Waals surface area contributed by atoms with Gasteiger partial charge in [-0.05, 0) is 69.1 Å². The van der Waals surface area contributed by atoms with E-state index in [1.54, 1.807) is 6.07 Å². The number of hydrogen-bond acceptors (Lipinski definition) is 4. The second-order valence-electron chi connectivity index (χ2n) is 8.27. The van der Waals surface area contributed by atoms with E-state index in [4.69, 9.17) is 9.15 Å². The maximum atomic E-state index is 12.5. The van der Waals surface area contributed by atoms with Crippen molar-refractivity contribution in [3.05, 3.63) is 72.5 Å². The second kappa shape index (κ2) is 8.00. The molecule has 0 radical (unpaired) electrons. The topological polar surface area (TPSA) is 54.7 Å². The number of rotatable bonds is 5. The highest BCUT2D eigenvalue weighted by molar-refractivity contribution is 6.02. The van der Waals surface area contributed by atoms with E-state index < -0.39 is 0 Å². The zero-order valence-electron chi connectivity index (χ0n) is 17.1. The number of carbonyl (C=O) groups is 1. The number of piperidine rings is 1. The molecule has 0 saturated carbocycles. The minimum atomic E-state index is -0.266. The molecule has 1 aromatic heterocycles. The Kier molecular flexibility index (Phi) is 5.05. The number of amides is 1. The quantitative estimate of drug-likeness (QED) is 0.637. The van der Waals surface area contributed by atoms with Crippen LogP contribution in [-0.2, 0) is 0 Å². The minimum absolute atomic E-state index is 0.266. The molecule has 2 fully saturated rings. The number of furan rings is 1. The maximum Gasteiger partial charge on any atom is 0.291 e. The molecule has 3 heterocycles. The van der Waals surface area contributed by atoms with Crippen molar-refractivity contribution in [3.8, 4) is 17.1 Å². The van der Waals surface area contributed by atoms with E-state index in [0.717, 1.165) is 24.2 Å². The Hall–Kier alpha value is -3.05. The number of fused-ring (bicyclic) bond motifs is 2. The summed E-state index contributed by atoms with van der Waals surface area (Å²) in [5.74, 6) is 1.55. The molecule has 5 rings (SSSR count). The third-order valence-corrected chi connectivity index (χ3v) is 6.36. The smallest absolute Gasteiger partial charge is 0.291 e. The molecule has 5 nitrogen and oxygen atoms in total. The fourth-order valence-electron chi connectivity index (χ4n) is 4.68. The predicted molar refractivity (Wildman–Crippen MR) is 117 cm³/mol. The number of hydrogen-bond donors (Lipinski definition) is 1. The number of nitrogens with zero attached hydrogens (tertiary/aromatic N) is 1. The van der Waals surface area contributed by atoms with Crippen LogP contribution in [0.1, 0.15) is 36.2 Å². The van der Waals surface area contributed by atoms with E-state index in [2.05, 4.69) is 17.3 Å². The second-order valence-corrected chi connectivity index (χ2v) is 8.27. The summed E-state index contributed by atoms with van der Waals surface area (Å²) in [4.78, 5) is 15.0. The maximum absolute atomic E-state index is 12.5. The molecular weight excluding hydrogens is 376 g/mol. The molecule has 3 aromatic rings. The zero-order chi connectivity index (χ0) is 20.5. The van der Waals surface area contributed by atoms with Crippen LogP contribution in [0.5, 0.6) is 5.75 Å². The molecule has 2 bridgehead atoms. The molecule has 2 aliphatic rings. The number of ether oxygens (including phenoxy) is 1. The summed E-state index contributed by atoms with van der Waals surface area (Å²) in [5.41, 5.74) is 1.66. The summed E-state index contributed by atoms with van der Waals surface area (Å²) >= 11 is 0. The first-order valence-electron chi connectivity index (χ1n) is 10.6. The molecular formula is C25H26N2O3. The molecule has 154 valence electrons. The molecule has 2 aliphatic heterocycles. The molecule has 2 aromatic carbocycles. The lowest BCUT2D eigenvalue weighted by Gasteiger charge is -2.36. The Morgan fingerprint density at radius 2 is 1.67 bits per heavy atom. The summed E-state index contributed by atoms with van der Waals surface area (Å²) in [6.07, 6.45) is 5.02. The summed E-state index contributed by atoms with van der Waals surface area (Å²) in [7, 11) is 2.23. The molecule has 3 atom stereocenters. The van der Waals surface area contributed by atoms with Crippen LogP contribution in [0.3, 0.4) is 0 Å². The lowest BCUT2D eigenvalue weighted by molar-refractivity contribution is 0.0662. The first-order chi connectivity index (χ1) is 14.7. The molecule has 2 saturated heterocycles. The molecule has 5 heteroatoms. The lowest BCUT2D eigenvalue weighted by atomic mass is 10.0. The van der Waals surface area contributed by atoms with Gasteiger partial charge in [-0.3, -0.25) is 4.79 Å². The van der Waals surface area contributed by atoms with Crippen LogP contribution in [0.4, 0.5) is 5.69 Å². The normalized spacial score (nSPS) is 23.3. The van der Waals surface area contributed by atoms with Gasteiger partial charge in [-0.25, -0.2) is 0 Å². The highest BCUT2D eigenvalue weighted by Gasteiger charge is 2.39. The van der Waals surface area contributed by atoms with Crippen LogP contribution in [0.15, 0.2) is 71.1 Å². The van der Waals surface area contributed by atoms with Crippen molar-refractivity contribution in [1.29, 1.82) is 0 Å². The van der Waals surface area contributed by atoms with Gasteiger partial charge < -0.3 is 19.4 Å². The third-order valence-electron chi connectivity index (χ3n) is 6.36. The fraction of sp³-hybridized carbons (Fsp3) is 0.320. The van der Waals surface area contributed by atoms with Gasteiger partial charge in [0.1, 0.15) is 17.6 Å². The number of benzene rings is 2. The first-order valence-corrected chi connectivity index (χ1v) is 10.6. The van der Waals surface area contributed by atoms with Crippen LogP contribution >= 0.6 is 0 Å². The van der Waals surface area contributed by atoms with Crippen LogP contribution in [-0.4, -0.2) is 36.0 Å². The van der Waals surface area contributed by atoms with E-state index in [-0.39, 0.29) is 17.8 Å². The van der Waals surface area contributed by atoms with Gasteiger partial charge in [0.05, 0.1) is 0 Å². The van der Waals surface area contributed by atoms with Gasteiger partial charge in [-0.15, -0.1) is 0 Å². The largest absolute Gasteiger partial charge is 0.490 e. The fourth-order valence-corrected chi connectivity index (χ4v) is 4.68. The Bertz CT molecular complexity index is 998. The van der Waals surface area contributed by atoms with E-state index in [1.807, 2.05) is 60.7 Å². The Labute approximate surface area is 176 Å². The summed E-state index contributed by atoms with van der Waals surface area (Å²) in [6, 6.07) is 22.2. The average molecular weight is 402 g/mol. The number of carbonyl (C=O) groups excluding carboxylic acids is 1.